The normalized spacial score (nSPS) is 10.1. The van der Waals surface area contributed by atoms with Crippen LogP contribution in [-0.4, -0.2) is 15.9 Å². The second-order valence-corrected chi connectivity index (χ2v) is 3.61. The highest BCUT2D eigenvalue weighted by molar-refractivity contribution is 5.93. The standard InChI is InChI=1S/C12H11FN4O/c13-10-2-1-8(12(14)18)5-11(10)17-7-9-6-15-3-4-16-9/h1-6,17H,7H2,(H2,14,18). The van der Waals surface area contributed by atoms with Gasteiger partial charge in [-0.25, -0.2) is 4.39 Å². The van der Waals surface area contributed by atoms with Crippen molar-refractivity contribution >= 4 is 11.6 Å². The first-order valence-corrected chi connectivity index (χ1v) is 5.25. The zero-order chi connectivity index (χ0) is 13.0. The predicted octanol–water partition coefficient (Wildman–Crippen LogP) is 1.33. The van der Waals surface area contributed by atoms with Crippen molar-refractivity contribution in [2.45, 2.75) is 6.54 Å². The van der Waals surface area contributed by atoms with E-state index < -0.39 is 11.7 Å². The van der Waals surface area contributed by atoms with Crippen molar-refractivity contribution in [3.63, 3.8) is 0 Å². The number of nitrogens with one attached hydrogen (secondary N) is 1. The third-order valence-corrected chi connectivity index (χ3v) is 2.33. The first kappa shape index (κ1) is 12.0. The molecule has 3 N–H and O–H groups in total. The average Bonchev–Trinajstić information content (AvgIpc) is 2.38. The fourth-order valence-corrected chi connectivity index (χ4v) is 1.42. The van der Waals surface area contributed by atoms with E-state index in [0.29, 0.717) is 12.2 Å². The molecule has 1 aromatic carbocycles. The highest BCUT2D eigenvalue weighted by atomic mass is 19.1. The van der Waals surface area contributed by atoms with E-state index in [1.165, 1.54) is 18.2 Å². The lowest BCUT2D eigenvalue weighted by molar-refractivity contribution is 0.100. The fraction of sp³-hybridized carbons (Fsp3) is 0.0833. The van der Waals surface area contributed by atoms with Crippen LogP contribution in [0.25, 0.3) is 0 Å². The molecule has 1 heterocycles. The van der Waals surface area contributed by atoms with Crippen molar-refractivity contribution in [2.24, 2.45) is 5.73 Å². The average molecular weight is 246 g/mol. The maximum atomic E-state index is 13.5. The molecule has 0 bridgehead atoms. The molecule has 0 radical (unpaired) electrons. The first-order chi connectivity index (χ1) is 8.66. The monoisotopic (exact) mass is 246 g/mol. The first-order valence-electron chi connectivity index (χ1n) is 5.25. The predicted molar refractivity (Wildman–Crippen MR) is 64.3 cm³/mol. The number of hydrogen-bond acceptors (Lipinski definition) is 4. The fourth-order valence-electron chi connectivity index (χ4n) is 1.42. The Kier molecular flexibility index (Phi) is 3.47. The summed E-state index contributed by atoms with van der Waals surface area (Å²) in [6.45, 7) is 0.312. The SMILES string of the molecule is NC(=O)c1ccc(F)c(NCc2cnccn2)c1. The second kappa shape index (κ2) is 5.22. The molecule has 0 spiro atoms. The summed E-state index contributed by atoms with van der Waals surface area (Å²) in [4.78, 5) is 18.9. The molecule has 0 fully saturated rings. The molecule has 1 amide bonds. The van der Waals surface area contributed by atoms with Gasteiger partial charge in [-0.15, -0.1) is 0 Å². The number of amides is 1. The zero-order valence-electron chi connectivity index (χ0n) is 9.43. The molecule has 5 nitrogen and oxygen atoms in total. The lowest BCUT2D eigenvalue weighted by Crippen LogP contribution is -2.12. The van der Waals surface area contributed by atoms with Gasteiger partial charge in [0.2, 0.25) is 5.91 Å². The minimum atomic E-state index is -0.599. The topological polar surface area (TPSA) is 80.9 Å². The Morgan fingerprint density at radius 3 is 2.89 bits per heavy atom. The van der Waals surface area contributed by atoms with Crippen LogP contribution in [0.4, 0.5) is 10.1 Å². The number of hydrogen-bond donors (Lipinski definition) is 2. The van der Waals surface area contributed by atoms with Gasteiger partial charge in [-0.1, -0.05) is 0 Å². The Morgan fingerprint density at radius 2 is 2.22 bits per heavy atom. The van der Waals surface area contributed by atoms with Crippen LogP contribution >= 0.6 is 0 Å². The highest BCUT2D eigenvalue weighted by Gasteiger charge is 2.07. The van der Waals surface area contributed by atoms with Crippen molar-refractivity contribution < 1.29 is 9.18 Å². The van der Waals surface area contributed by atoms with E-state index >= 15 is 0 Å². The molecule has 18 heavy (non-hydrogen) atoms. The van der Waals surface area contributed by atoms with Gasteiger partial charge in [0.15, 0.2) is 0 Å². The van der Waals surface area contributed by atoms with Crippen LogP contribution in [0.5, 0.6) is 0 Å². The van der Waals surface area contributed by atoms with Gasteiger partial charge >= 0.3 is 0 Å². The highest BCUT2D eigenvalue weighted by Crippen LogP contribution is 2.16. The van der Waals surface area contributed by atoms with Crippen LogP contribution in [0, 0.1) is 5.82 Å². The summed E-state index contributed by atoms with van der Waals surface area (Å²) < 4.78 is 13.5. The molecule has 2 rings (SSSR count). The van der Waals surface area contributed by atoms with Crippen molar-refractivity contribution in [2.75, 3.05) is 5.32 Å². The van der Waals surface area contributed by atoms with Crippen LogP contribution in [0.15, 0.2) is 36.8 Å². The Balaban J connectivity index is 2.14. The summed E-state index contributed by atoms with van der Waals surface area (Å²) in [7, 11) is 0. The van der Waals surface area contributed by atoms with Crippen molar-refractivity contribution in [3.05, 3.63) is 53.9 Å². The molecule has 0 aliphatic rings. The largest absolute Gasteiger partial charge is 0.377 e. The quantitative estimate of drug-likeness (QED) is 0.852. The second-order valence-electron chi connectivity index (χ2n) is 3.61. The van der Waals surface area contributed by atoms with Crippen LogP contribution in [0.3, 0.4) is 0 Å². The maximum Gasteiger partial charge on any atom is 0.248 e. The molecule has 0 atom stereocenters. The number of carbonyl (C=O) groups excluding carboxylic acids is 1. The zero-order valence-corrected chi connectivity index (χ0v) is 9.43. The molecule has 0 saturated carbocycles. The van der Waals surface area contributed by atoms with Crippen LogP contribution in [-0.2, 0) is 6.54 Å². The van der Waals surface area contributed by atoms with Crippen LogP contribution in [0.1, 0.15) is 16.1 Å². The molecule has 6 heteroatoms. The van der Waals surface area contributed by atoms with Gasteiger partial charge in [0.25, 0.3) is 0 Å². The van der Waals surface area contributed by atoms with E-state index in [1.54, 1.807) is 18.6 Å². The smallest absolute Gasteiger partial charge is 0.248 e. The van der Waals surface area contributed by atoms with E-state index in [1.807, 2.05) is 0 Å². The molecular weight excluding hydrogens is 235 g/mol. The van der Waals surface area contributed by atoms with E-state index in [0.717, 1.165) is 0 Å². The summed E-state index contributed by atoms with van der Waals surface area (Å²) in [5.41, 5.74) is 6.25. The van der Waals surface area contributed by atoms with Crippen molar-refractivity contribution in [1.82, 2.24) is 9.97 Å². The lowest BCUT2D eigenvalue weighted by atomic mass is 10.2. The molecule has 0 aliphatic heterocycles. The summed E-state index contributed by atoms with van der Waals surface area (Å²) >= 11 is 0. The minimum Gasteiger partial charge on any atom is -0.377 e. The number of primary amides is 1. The number of rotatable bonds is 4. The van der Waals surface area contributed by atoms with Gasteiger partial charge in [-0.2, -0.15) is 0 Å². The molecule has 1 aromatic heterocycles. The summed E-state index contributed by atoms with van der Waals surface area (Å²) in [5, 5.41) is 2.84. The Morgan fingerprint density at radius 1 is 1.39 bits per heavy atom. The minimum absolute atomic E-state index is 0.206. The van der Waals surface area contributed by atoms with E-state index in [4.69, 9.17) is 5.73 Å². The number of nitrogens with two attached hydrogens (primary N) is 1. The number of halogens is 1. The van der Waals surface area contributed by atoms with E-state index in [2.05, 4.69) is 15.3 Å². The maximum absolute atomic E-state index is 13.5. The van der Waals surface area contributed by atoms with E-state index in [9.17, 15) is 9.18 Å². The van der Waals surface area contributed by atoms with Crippen molar-refractivity contribution in [1.29, 1.82) is 0 Å². The third-order valence-electron chi connectivity index (χ3n) is 2.33. The molecule has 0 unspecified atom stereocenters. The van der Waals surface area contributed by atoms with Gasteiger partial charge in [0, 0.05) is 18.0 Å². The molecule has 0 aliphatic carbocycles. The number of aromatic nitrogens is 2. The molecule has 2 aromatic rings. The third kappa shape index (κ3) is 2.79. The van der Waals surface area contributed by atoms with Gasteiger partial charge in [-0.3, -0.25) is 14.8 Å². The van der Waals surface area contributed by atoms with Crippen LogP contribution in [0.2, 0.25) is 0 Å². The number of carbonyl (C=O) groups is 1. The van der Waals surface area contributed by atoms with Crippen LogP contribution < -0.4 is 11.1 Å². The van der Waals surface area contributed by atoms with E-state index in [-0.39, 0.29) is 11.3 Å². The van der Waals surface area contributed by atoms with Gasteiger partial charge in [0.05, 0.1) is 24.1 Å². The Hall–Kier alpha value is -2.50. The Bertz CT molecular complexity index is 559. The molecule has 92 valence electrons. The number of benzene rings is 1. The lowest BCUT2D eigenvalue weighted by Gasteiger charge is -2.07. The number of anilines is 1. The summed E-state index contributed by atoms with van der Waals surface area (Å²) in [5.74, 6) is -1.05. The summed E-state index contributed by atoms with van der Waals surface area (Å²) in [6.07, 6.45) is 4.67. The van der Waals surface area contributed by atoms with Gasteiger partial charge < -0.3 is 11.1 Å². The van der Waals surface area contributed by atoms with Gasteiger partial charge in [-0.05, 0) is 18.2 Å². The number of nitrogens with zero attached hydrogens (tertiary/aromatic N) is 2. The van der Waals surface area contributed by atoms with Crippen molar-refractivity contribution in [3.8, 4) is 0 Å². The summed E-state index contributed by atoms with van der Waals surface area (Å²) in [6, 6.07) is 3.90. The molecule has 0 saturated heterocycles. The molecular formula is C12H11FN4O. The van der Waals surface area contributed by atoms with Gasteiger partial charge in [0.1, 0.15) is 5.82 Å². The Labute approximate surface area is 103 Å².